The molecule has 1 amide bonds. The number of hydrogen-bond acceptors (Lipinski definition) is 3. The first-order valence-corrected chi connectivity index (χ1v) is 7.12. The van der Waals surface area contributed by atoms with Gasteiger partial charge in [-0.2, -0.15) is 5.10 Å². The van der Waals surface area contributed by atoms with Crippen LogP contribution in [0, 0.1) is 0 Å². The number of ether oxygens (including phenoxy) is 1. The van der Waals surface area contributed by atoms with Gasteiger partial charge in [-0.3, -0.25) is 9.48 Å². The average Bonchev–Trinajstić information content (AvgIpc) is 2.92. The Hall–Kier alpha value is -2.82. The lowest BCUT2D eigenvalue weighted by atomic mass is 10.1. The number of fused-ring (bicyclic) bond motifs is 1. The minimum absolute atomic E-state index is 0.112. The lowest BCUT2D eigenvalue weighted by Crippen LogP contribution is -2.15. The Kier molecular flexibility index (Phi) is 4.05. The van der Waals surface area contributed by atoms with E-state index in [-0.39, 0.29) is 12.3 Å². The first-order valence-electron chi connectivity index (χ1n) is 7.12. The highest BCUT2D eigenvalue weighted by atomic mass is 16.5. The van der Waals surface area contributed by atoms with Crippen molar-refractivity contribution >= 4 is 22.5 Å². The molecule has 3 rings (SSSR count). The van der Waals surface area contributed by atoms with Crippen LogP contribution in [0.25, 0.3) is 10.8 Å². The highest BCUT2D eigenvalue weighted by molar-refractivity contribution is 5.90. The van der Waals surface area contributed by atoms with Gasteiger partial charge in [0.25, 0.3) is 0 Å². The van der Waals surface area contributed by atoms with Gasteiger partial charge in [0.1, 0.15) is 5.75 Å². The first kappa shape index (κ1) is 14.1. The van der Waals surface area contributed by atoms with Gasteiger partial charge < -0.3 is 10.1 Å². The van der Waals surface area contributed by atoms with Crippen LogP contribution in [-0.2, 0) is 11.8 Å². The number of carbonyl (C=O) groups excluding carboxylic acids is 1. The average molecular weight is 295 g/mol. The van der Waals surface area contributed by atoms with E-state index in [4.69, 9.17) is 4.74 Å². The molecule has 0 aliphatic rings. The summed E-state index contributed by atoms with van der Waals surface area (Å²) in [6, 6.07) is 15.7. The summed E-state index contributed by atoms with van der Waals surface area (Å²) in [5.74, 6) is 1.24. The maximum Gasteiger partial charge on any atom is 0.229 e. The number of anilines is 1. The topological polar surface area (TPSA) is 56.2 Å². The van der Waals surface area contributed by atoms with Crippen molar-refractivity contribution < 1.29 is 9.53 Å². The van der Waals surface area contributed by atoms with Crippen LogP contribution in [0.15, 0.2) is 54.7 Å². The fourth-order valence-corrected chi connectivity index (χ4v) is 2.26. The summed E-state index contributed by atoms with van der Waals surface area (Å²) in [6.45, 7) is 0.326. The molecule has 5 heteroatoms. The van der Waals surface area contributed by atoms with Crippen molar-refractivity contribution in [2.45, 2.75) is 6.42 Å². The summed E-state index contributed by atoms with van der Waals surface area (Å²) in [6.07, 6.45) is 2.06. The number of carbonyl (C=O) groups is 1. The molecular formula is C17H17N3O2. The fourth-order valence-electron chi connectivity index (χ4n) is 2.26. The van der Waals surface area contributed by atoms with E-state index >= 15 is 0 Å². The zero-order chi connectivity index (χ0) is 15.4. The van der Waals surface area contributed by atoms with Crippen LogP contribution in [0.2, 0.25) is 0 Å². The molecule has 0 bridgehead atoms. The highest BCUT2D eigenvalue weighted by Gasteiger charge is 2.06. The van der Waals surface area contributed by atoms with Crippen LogP contribution < -0.4 is 10.1 Å². The van der Waals surface area contributed by atoms with Gasteiger partial charge in [0.15, 0.2) is 5.82 Å². The number of aryl methyl sites for hydroxylation is 1. The van der Waals surface area contributed by atoms with E-state index in [1.54, 1.807) is 24.0 Å². The van der Waals surface area contributed by atoms with Crippen molar-refractivity contribution in [3.63, 3.8) is 0 Å². The third-order valence-electron chi connectivity index (χ3n) is 3.32. The Morgan fingerprint density at radius 2 is 2.00 bits per heavy atom. The second-order valence-corrected chi connectivity index (χ2v) is 5.00. The molecule has 0 saturated carbocycles. The van der Waals surface area contributed by atoms with Gasteiger partial charge in [-0.25, -0.2) is 0 Å². The fraction of sp³-hybridized carbons (Fsp3) is 0.176. The summed E-state index contributed by atoms with van der Waals surface area (Å²) in [5.41, 5.74) is 0. The molecule has 22 heavy (non-hydrogen) atoms. The molecule has 0 radical (unpaired) electrons. The predicted octanol–water partition coefficient (Wildman–Crippen LogP) is 2.98. The van der Waals surface area contributed by atoms with Crippen LogP contribution in [0.5, 0.6) is 5.75 Å². The van der Waals surface area contributed by atoms with Gasteiger partial charge in [-0.1, -0.05) is 36.4 Å². The van der Waals surface area contributed by atoms with Crippen molar-refractivity contribution in [2.75, 3.05) is 11.9 Å². The smallest absolute Gasteiger partial charge is 0.229 e. The first-order chi connectivity index (χ1) is 10.7. The van der Waals surface area contributed by atoms with Crippen LogP contribution >= 0.6 is 0 Å². The molecule has 3 aromatic rings. The second-order valence-electron chi connectivity index (χ2n) is 5.00. The number of benzene rings is 2. The van der Waals surface area contributed by atoms with Crippen molar-refractivity contribution in [1.82, 2.24) is 9.78 Å². The van der Waals surface area contributed by atoms with E-state index in [0.717, 1.165) is 16.5 Å². The summed E-state index contributed by atoms with van der Waals surface area (Å²) >= 11 is 0. The Balaban J connectivity index is 1.57. The van der Waals surface area contributed by atoms with Crippen molar-refractivity contribution in [2.24, 2.45) is 7.05 Å². The minimum atomic E-state index is -0.112. The number of rotatable bonds is 5. The molecule has 1 N–H and O–H groups in total. The van der Waals surface area contributed by atoms with E-state index in [1.165, 1.54) is 0 Å². The summed E-state index contributed by atoms with van der Waals surface area (Å²) in [5, 5.41) is 9.01. The number of aromatic nitrogens is 2. The standard InChI is InChI=1S/C17H17N3O2/c1-20-11-9-16(19-20)18-17(21)10-12-22-15-8-4-6-13-5-2-3-7-14(13)15/h2-9,11H,10,12H2,1H3,(H,18,19,21). The molecule has 112 valence electrons. The van der Waals surface area contributed by atoms with Crippen LogP contribution in [0.4, 0.5) is 5.82 Å². The molecular weight excluding hydrogens is 278 g/mol. The van der Waals surface area contributed by atoms with Crippen LogP contribution in [0.3, 0.4) is 0 Å². The Morgan fingerprint density at radius 1 is 1.18 bits per heavy atom. The largest absolute Gasteiger partial charge is 0.492 e. The van der Waals surface area contributed by atoms with Crippen molar-refractivity contribution in [1.29, 1.82) is 0 Å². The molecule has 5 nitrogen and oxygen atoms in total. The summed E-state index contributed by atoms with van der Waals surface area (Å²) in [7, 11) is 1.80. The maximum absolute atomic E-state index is 11.8. The molecule has 0 unspecified atom stereocenters. The van der Waals surface area contributed by atoms with E-state index in [0.29, 0.717) is 12.4 Å². The van der Waals surface area contributed by atoms with E-state index in [1.807, 2.05) is 42.5 Å². The molecule has 0 fully saturated rings. The molecule has 0 spiro atoms. The normalized spacial score (nSPS) is 10.6. The highest BCUT2D eigenvalue weighted by Crippen LogP contribution is 2.25. The quantitative estimate of drug-likeness (QED) is 0.787. The monoisotopic (exact) mass is 295 g/mol. The van der Waals surface area contributed by atoms with Gasteiger partial charge in [-0.15, -0.1) is 0 Å². The van der Waals surface area contributed by atoms with E-state index in [9.17, 15) is 4.79 Å². The molecule has 2 aromatic carbocycles. The Bertz CT molecular complexity index is 790. The molecule has 0 aliphatic heterocycles. The summed E-state index contributed by atoms with van der Waals surface area (Å²) in [4.78, 5) is 11.8. The van der Waals surface area contributed by atoms with Crippen LogP contribution in [-0.4, -0.2) is 22.3 Å². The van der Waals surface area contributed by atoms with Crippen molar-refractivity contribution in [3.05, 3.63) is 54.7 Å². The third-order valence-corrected chi connectivity index (χ3v) is 3.32. The number of nitrogens with one attached hydrogen (secondary N) is 1. The van der Waals surface area contributed by atoms with Crippen molar-refractivity contribution in [3.8, 4) is 5.75 Å². The lowest BCUT2D eigenvalue weighted by Gasteiger charge is -2.09. The second kappa shape index (κ2) is 6.30. The zero-order valence-electron chi connectivity index (χ0n) is 12.3. The lowest BCUT2D eigenvalue weighted by molar-refractivity contribution is -0.116. The Morgan fingerprint density at radius 3 is 2.82 bits per heavy atom. The van der Waals surface area contributed by atoms with Gasteiger partial charge in [0.05, 0.1) is 13.0 Å². The molecule has 0 atom stereocenters. The van der Waals surface area contributed by atoms with Crippen LogP contribution in [0.1, 0.15) is 6.42 Å². The molecule has 1 aromatic heterocycles. The SMILES string of the molecule is Cn1ccc(NC(=O)CCOc2cccc3ccccc23)n1. The molecule has 0 saturated heterocycles. The van der Waals surface area contributed by atoms with Gasteiger partial charge >= 0.3 is 0 Å². The number of amides is 1. The summed E-state index contributed by atoms with van der Waals surface area (Å²) < 4.78 is 7.39. The number of nitrogens with zero attached hydrogens (tertiary/aromatic N) is 2. The molecule has 1 heterocycles. The maximum atomic E-state index is 11.8. The zero-order valence-corrected chi connectivity index (χ0v) is 12.3. The van der Waals surface area contributed by atoms with Gasteiger partial charge in [0.2, 0.25) is 5.91 Å². The predicted molar refractivity (Wildman–Crippen MR) is 85.9 cm³/mol. The number of hydrogen-bond donors (Lipinski definition) is 1. The third kappa shape index (κ3) is 3.25. The van der Waals surface area contributed by atoms with E-state index in [2.05, 4.69) is 10.4 Å². The minimum Gasteiger partial charge on any atom is -0.492 e. The molecule has 0 aliphatic carbocycles. The van der Waals surface area contributed by atoms with Gasteiger partial charge in [0, 0.05) is 24.7 Å². The Labute approximate surface area is 128 Å². The van der Waals surface area contributed by atoms with Gasteiger partial charge in [-0.05, 0) is 11.5 Å². The van der Waals surface area contributed by atoms with E-state index < -0.39 is 0 Å².